The zero-order valence-electron chi connectivity index (χ0n) is 8.65. The molecule has 4 heteroatoms. The molecule has 0 aliphatic carbocycles. The summed E-state index contributed by atoms with van der Waals surface area (Å²) in [5, 5.41) is 0.755. The SMILES string of the molecule is COc1ccc2cc(C[C]=O)c(=O)oc2c1. The smallest absolute Gasteiger partial charge is 0.339 e. The summed E-state index contributed by atoms with van der Waals surface area (Å²) in [6.45, 7) is 0. The van der Waals surface area contributed by atoms with Gasteiger partial charge in [-0.15, -0.1) is 0 Å². The Morgan fingerprint density at radius 3 is 2.88 bits per heavy atom. The Labute approximate surface area is 91.4 Å². The maximum absolute atomic E-state index is 11.4. The second-order valence-electron chi connectivity index (χ2n) is 3.28. The summed E-state index contributed by atoms with van der Waals surface area (Å²) < 4.78 is 10.1. The van der Waals surface area contributed by atoms with E-state index in [1.165, 1.54) is 7.11 Å². The molecule has 0 N–H and O–H groups in total. The molecule has 4 nitrogen and oxygen atoms in total. The Hall–Kier alpha value is -2.10. The van der Waals surface area contributed by atoms with Gasteiger partial charge in [-0.05, 0) is 18.2 Å². The molecule has 0 bridgehead atoms. The summed E-state index contributed by atoms with van der Waals surface area (Å²) in [7, 11) is 1.54. The van der Waals surface area contributed by atoms with Crippen LogP contribution in [0.15, 0.2) is 33.5 Å². The Morgan fingerprint density at radius 2 is 2.19 bits per heavy atom. The number of carbonyl (C=O) groups excluding carboxylic acids is 1. The number of benzene rings is 1. The Bertz CT molecular complexity index is 583. The molecule has 0 aliphatic rings. The maximum Gasteiger partial charge on any atom is 0.339 e. The third-order valence-corrected chi connectivity index (χ3v) is 2.28. The van der Waals surface area contributed by atoms with Crippen LogP contribution >= 0.6 is 0 Å². The van der Waals surface area contributed by atoms with Gasteiger partial charge in [0.25, 0.3) is 0 Å². The van der Waals surface area contributed by atoms with Gasteiger partial charge in [0.1, 0.15) is 11.3 Å². The molecule has 1 radical (unpaired) electrons. The molecule has 0 amide bonds. The first-order valence-electron chi connectivity index (χ1n) is 4.70. The van der Waals surface area contributed by atoms with Crippen molar-refractivity contribution in [1.29, 1.82) is 0 Å². The highest BCUT2D eigenvalue weighted by molar-refractivity contribution is 5.79. The highest BCUT2D eigenvalue weighted by Crippen LogP contribution is 2.19. The third-order valence-electron chi connectivity index (χ3n) is 2.28. The van der Waals surface area contributed by atoms with Crippen LogP contribution in [0.3, 0.4) is 0 Å². The summed E-state index contributed by atoms with van der Waals surface area (Å²) in [4.78, 5) is 21.7. The normalized spacial score (nSPS) is 10.3. The molecular weight excluding hydrogens is 208 g/mol. The van der Waals surface area contributed by atoms with Crippen LogP contribution in [0.4, 0.5) is 0 Å². The molecule has 0 saturated carbocycles. The average Bonchev–Trinajstić information content (AvgIpc) is 2.30. The molecule has 0 fully saturated rings. The van der Waals surface area contributed by atoms with Gasteiger partial charge in [-0.2, -0.15) is 0 Å². The minimum atomic E-state index is -0.510. The van der Waals surface area contributed by atoms with Gasteiger partial charge in [-0.25, -0.2) is 4.79 Å². The van der Waals surface area contributed by atoms with Crippen LogP contribution in [0.25, 0.3) is 11.0 Å². The largest absolute Gasteiger partial charge is 0.497 e. The number of rotatable bonds is 3. The van der Waals surface area contributed by atoms with Gasteiger partial charge in [0.2, 0.25) is 6.29 Å². The Kier molecular flexibility index (Phi) is 2.72. The first-order valence-corrected chi connectivity index (χ1v) is 4.70. The van der Waals surface area contributed by atoms with Gasteiger partial charge in [-0.1, -0.05) is 0 Å². The first kappa shape index (κ1) is 10.4. The van der Waals surface area contributed by atoms with Gasteiger partial charge < -0.3 is 9.15 Å². The Balaban J connectivity index is 2.63. The fourth-order valence-corrected chi connectivity index (χ4v) is 1.46. The fraction of sp³-hybridized carbons (Fsp3) is 0.167. The van der Waals surface area contributed by atoms with E-state index in [2.05, 4.69) is 0 Å². The van der Waals surface area contributed by atoms with Gasteiger partial charge in [0.15, 0.2) is 0 Å². The quantitative estimate of drug-likeness (QED) is 0.730. The average molecular weight is 217 g/mol. The maximum atomic E-state index is 11.4. The molecule has 0 aliphatic heterocycles. The van der Waals surface area contributed by atoms with Gasteiger partial charge in [0.05, 0.1) is 7.11 Å². The number of hydrogen-bond acceptors (Lipinski definition) is 4. The molecule has 1 heterocycles. The molecule has 16 heavy (non-hydrogen) atoms. The summed E-state index contributed by atoms with van der Waals surface area (Å²) in [6, 6.07) is 6.79. The molecule has 2 aromatic rings. The standard InChI is InChI=1S/C12H9O4/c1-15-10-3-2-8-6-9(4-5-13)12(14)16-11(8)7-10/h2-3,6-7H,4H2,1H3. The lowest BCUT2D eigenvalue weighted by atomic mass is 10.1. The monoisotopic (exact) mass is 217 g/mol. The summed E-state index contributed by atoms with van der Waals surface area (Å²) >= 11 is 0. The first-order chi connectivity index (χ1) is 7.74. The molecule has 1 aromatic carbocycles. The van der Waals surface area contributed by atoms with Crippen molar-refractivity contribution in [2.24, 2.45) is 0 Å². The highest BCUT2D eigenvalue weighted by Gasteiger charge is 2.05. The minimum absolute atomic E-state index is 0.0513. The number of methoxy groups -OCH3 is 1. The number of fused-ring (bicyclic) bond motifs is 1. The van der Waals surface area contributed by atoms with E-state index in [4.69, 9.17) is 9.15 Å². The second kappa shape index (κ2) is 4.18. The van der Waals surface area contributed by atoms with Crippen molar-refractivity contribution >= 4 is 17.3 Å². The lowest BCUT2D eigenvalue weighted by Gasteiger charge is -2.02. The van der Waals surface area contributed by atoms with Crippen molar-refractivity contribution in [3.8, 4) is 5.75 Å². The lowest BCUT2D eigenvalue weighted by molar-refractivity contribution is 0.414. The number of hydrogen-bond donors (Lipinski definition) is 0. The highest BCUT2D eigenvalue weighted by atomic mass is 16.5. The summed E-state index contributed by atoms with van der Waals surface area (Å²) in [5.74, 6) is 0.616. The zero-order chi connectivity index (χ0) is 11.5. The lowest BCUT2D eigenvalue weighted by Crippen LogP contribution is -2.07. The molecule has 0 atom stereocenters. The number of ether oxygens (including phenoxy) is 1. The van der Waals surface area contributed by atoms with Gasteiger partial charge in [-0.3, -0.25) is 4.79 Å². The van der Waals surface area contributed by atoms with E-state index < -0.39 is 5.63 Å². The van der Waals surface area contributed by atoms with E-state index >= 15 is 0 Å². The van der Waals surface area contributed by atoms with Crippen molar-refractivity contribution < 1.29 is 13.9 Å². The molecular formula is C12H9O4. The third kappa shape index (κ3) is 1.82. The molecule has 81 valence electrons. The zero-order valence-corrected chi connectivity index (χ0v) is 8.65. The summed E-state index contributed by atoms with van der Waals surface area (Å²) in [6.07, 6.45) is 1.63. The van der Waals surface area contributed by atoms with Crippen molar-refractivity contribution in [3.05, 3.63) is 40.2 Å². The van der Waals surface area contributed by atoms with Crippen molar-refractivity contribution in [2.45, 2.75) is 6.42 Å². The van der Waals surface area contributed by atoms with E-state index in [1.54, 1.807) is 30.6 Å². The molecule has 1 aromatic heterocycles. The molecule has 2 rings (SSSR count). The fourth-order valence-electron chi connectivity index (χ4n) is 1.46. The Morgan fingerprint density at radius 1 is 1.38 bits per heavy atom. The van der Waals surface area contributed by atoms with Crippen molar-refractivity contribution in [2.75, 3.05) is 7.11 Å². The molecule has 0 spiro atoms. The van der Waals surface area contributed by atoms with Crippen LogP contribution in [-0.2, 0) is 11.2 Å². The second-order valence-corrected chi connectivity index (χ2v) is 3.28. The van der Waals surface area contributed by atoms with Gasteiger partial charge >= 0.3 is 5.63 Å². The van der Waals surface area contributed by atoms with Crippen LogP contribution in [-0.4, -0.2) is 13.4 Å². The topological polar surface area (TPSA) is 56.5 Å². The van der Waals surface area contributed by atoms with Crippen LogP contribution in [0.2, 0.25) is 0 Å². The van der Waals surface area contributed by atoms with Crippen LogP contribution < -0.4 is 10.4 Å². The van der Waals surface area contributed by atoms with Crippen LogP contribution in [0.1, 0.15) is 5.56 Å². The minimum Gasteiger partial charge on any atom is -0.497 e. The van der Waals surface area contributed by atoms with E-state index in [0.29, 0.717) is 16.9 Å². The van der Waals surface area contributed by atoms with Crippen LogP contribution in [0, 0.1) is 0 Å². The van der Waals surface area contributed by atoms with Crippen molar-refractivity contribution in [1.82, 2.24) is 0 Å². The van der Waals surface area contributed by atoms with Gasteiger partial charge in [0, 0.05) is 23.4 Å². The summed E-state index contributed by atoms with van der Waals surface area (Å²) in [5.41, 5.74) is 0.246. The van der Waals surface area contributed by atoms with Crippen molar-refractivity contribution in [3.63, 3.8) is 0 Å². The van der Waals surface area contributed by atoms with E-state index in [0.717, 1.165) is 5.39 Å². The van der Waals surface area contributed by atoms with Crippen LogP contribution in [0.5, 0.6) is 5.75 Å². The predicted octanol–water partition coefficient (Wildman–Crippen LogP) is 1.45. The van der Waals surface area contributed by atoms with E-state index in [9.17, 15) is 9.59 Å². The molecule has 0 unspecified atom stereocenters. The molecule has 0 saturated heterocycles. The van der Waals surface area contributed by atoms with E-state index in [-0.39, 0.29) is 6.42 Å². The van der Waals surface area contributed by atoms with E-state index in [1.807, 2.05) is 0 Å². The predicted molar refractivity (Wildman–Crippen MR) is 58.4 cm³/mol.